The molecule has 0 aromatic heterocycles. The molecular formula is C19H29NOSSi2. The fourth-order valence-electron chi connectivity index (χ4n) is 2.72. The summed E-state index contributed by atoms with van der Waals surface area (Å²) in [4.78, 5) is 2.48. The lowest BCUT2D eigenvalue weighted by atomic mass is 10.2. The first-order valence-electron chi connectivity index (χ1n) is 8.46. The van der Waals surface area contributed by atoms with Crippen LogP contribution in [0.2, 0.25) is 38.8 Å². The third-order valence-corrected chi connectivity index (χ3v) is 10.8. The number of aryl methyl sites for hydroxylation is 1. The maximum absolute atomic E-state index is 6.42. The van der Waals surface area contributed by atoms with E-state index in [1.54, 1.807) is 11.8 Å². The van der Waals surface area contributed by atoms with Gasteiger partial charge in [-0.05, 0) is 87.2 Å². The van der Waals surface area contributed by atoms with Gasteiger partial charge in [0.05, 0.1) is 0 Å². The standard InChI is InChI=1S/C19H29NOSSi2/c1-23(2,3)21-24(4,5)15-14-16-6-10-18(11-7-16)22-19-12-8-17(20)9-13-19/h6-13H,14-15,20H2,1-5H3. The zero-order chi connectivity index (χ0) is 17.8. The zero-order valence-electron chi connectivity index (χ0n) is 15.4. The molecular weight excluding hydrogens is 346 g/mol. The summed E-state index contributed by atoms with van der Waals surface area (Å²) in [6, 6.07) is 18.1. The molecule has 0 saturated heterocycles. The van der Waals surface area contributed by atoms with Crippen LogP contribution in [0.5, 0.6) is 0 Å². The molecule has 2 N–H and O–H groups in total. The molecule has 0 amide bonds. The Morgan fingerprint density at radius 1 is 0.833 bits per heavy atom. The third-order valence-electron chi connectivity index (χ3n) is 3.64. The van der Waals surface area contributed by atoms with Crippen molar-refractivity contribution in [3.63, 3.8) is 0 Å². The van der Waals surface area contributed by atoms with Crippen molar-refractivity contribution < 1.29 is 4.12 Å². The van der Waals surface area contributed by atoms with E-state index in [2.05, 4.69) is 69.1 Å². The second kappa shape index (κ2) is 7.91. The average Bonchev–Trinajstić information content (AvgIpc) is 2.47. The monoisotopic (exact) mass is 375 g/mol. The molecule has 0 radical (unpaired) electrons. The van der Waals surface area contributed by atoms with Crippen molar-refractivity contribution >= 4 is 34.1 Å². The van der Waals surface area contributed by atoms with Gasteiger partial charge in [0.15, 0.2) is 16.6 Å². The molecule has 0 aliphatic heterocycles. The molecule has 0 saturated carbocycles. The Kier molecular flexibility index (Phi) is 6.36. The molecule has 0 spiro atoms. The Morgan fingerprint density at radius 3 is 1.83 bits per heavy atom. The van der Waals surface area contributed by atoms with Gasteiger partial charge in [0.2, 0.25) is 0 Å². The Hall–Kier alpha value is -1.02. The molecule has 2 nitrogen and oxygen atoms in total. The maximum atomic E-state index is 6.42. The van der Waals surface area contributed by atoms with Gasteiger partial charge in [-0.3, -0.25) is 0 Å². The molecule has 2 rings (SSSR count). The number of hydrogen-bond donors (Lipinski definition) is 1. The van der Waals surface area contributed by atoms with Crippen molar-refractivity contribution in [1.82, 2.24) is 0 Å². The van der Waals surface area contributed by atoms with E-state index in [0.29, 0.717) is 0 Å². The minimum atomic E-state index is -1.56. The molecule has 0 aliphatic carbocycles. The molecule has 24 heavy (non-hydrogen) atoms. The van der Waals surface area contributed by atoms with Gasteiger partial charge in [0.25, 0.3) is 0 Å². The molecule has 130 valence electrons. The molecule has 5 heteroatoms. The predicted molar refractivity (Wildman–Crippen MR) is 112 cm³/mol. The van der Waals surface area contributed by atoms with Gasteiger partial charge >= 0.3 is 0 Å². The summed E-state index contributed by atoms with van der Waals surface area (Å²) in [6.07, 6.45) is 1.11. The van der Waals surface area contributed by atoms with Crippen LogP contribution in [-0.4, -0.2) is 16.6 Å². The van der Waals surface area contributed by atoms with Crippen LogP contribution in [0.1, 0.15) is 5.56 Å². The van der Waals surface area contributed by atoms with Crippen LogP contribution in [0.15, 0.2) is 58.3 Å². The Balaban J connectivity index is 1.91. The summed E-state index contributed by atoms with van der Waals surface area (Å²) < 4.78 is 6.42. The Labute approximate surface area is 153 Å². The molecule has 0 unspecified atom stereocenters. The molecule has 2 aromatic rings. The third kappa shape index (κ3) is 6.85. The highest BCUT2D eigenvalue weighted by Crippen LogP contribution is 2.29. The molecule has 2 aromatic carbocycles. The van der Waals surface area contributed by atoms with Gasteiger partial charge in [0, 0.05) is 15.5 Å². The largest absolute Gasteiger partial charge is 0.456 e. The number of hydrogen-bond acceptors (Lipinski definition) is 3. The number of nitrogen functional groups attached to an aromatic ring is 1. The van der Waals surface area contributed by atoms with E-state index in [0.717, 1.165) is 12.1 Å². The minimum absolute atomic E-state index is 0.807. The van der Waals surface area contributed by atoms with E-state index in [-0.39, 0.29) is 0 Å². The van der Waals surface area contributed by atoms with E-state index in [4.69, 9.17) is 9.85 Å². The second-order valence-corrected chi connectivity index (χ2v) is 18.0. The SMILES string of the molecule is C[Si](C)(C)O[Si](C)(C)CCc1ccc(Sc2ccc(N)cc2)cc1. The minimum Gasteiger partial charge on any atom is -0.456 e. The first kappa shape index (κ1) is 19.3. The summed E-state index contributed by atoms with van der Waals surface area (Å²) in [5, 5.41) is 0. The number of nitrogens with two attached hydrogens (primary N) is 1. The van der Waals surface area contributed by atoms with Gasteiger partial charge < -0.3 is 9.85 Å². The fourth-order valence-corrected chi connectivity index (χ4v) is 11.5. The highest BCUT2D eigenvalue weighted by atomic mass is 32.2. The smallest absolute Gasteiger partial charge is 0.173 e. The van der Waals surface area contributed by atoms with Crippen molar-refractivity contribution in [2.24, 2.45) is 0 Å². The fraction of sp³-hybridized carbons (Fsp3) is 0.368. The molecule has 0 aliphatic rings. The summed E-state index contributed by atoms with van der Waals surface area (Å²) in [7, 11) is -2.99. The summed E-state index contributed by atoms with van der Waals surface area (Å²) in [6.45, 7) is 11.5. The summed E-state index contributed by atoms with van der Waals surface area (Å²) in [5.74, 6) is 0. The summed E-state index contributed by atoms with van der Waals surface area (Å²) >= 11 is 1.77. The molecule has 0 heterocycles. The number of anilines is 1. The van der Waals surface area contributed by atoms with Gasteiger partial charge in [0.1, 0.15) is 0 Å². The topological polar surface area (TPSA) is 35.2 Å². The van der Waals surface area contributed by atoms with Crippen LogP contribution in [0.4, 0.5) is 5.69 Å². The quantitative estimate of drug-likeness (QED) is 0.475. The molecule has 0 atom stereocenters. The van der Waals surface area contributed by atoms with Crippen LogP contribution in [0.3, 0.4) is 0 Å². The average molecular weight is 376 g/mol. The van der Waals surface area contributed by atoms with Crippen molar-refractivity contribution in [1.29, 1.82) is 0 Å². The second-order valence-electron chi connectivity index (χ2n) is 7.79. The van der Waals surface area contributed by atoms with Crippen molar-refractivity contribution in [2.75, 3.05) is 5.73 Å². The lowest BCUT2D eigenvalue weighted by Crippen LogP contribution is -2.42. The van der Waals surface area contributed by atoms with Gasteiger partial charge in [-0.25, -0.2) is 0 Å². The first-order valence-corrected chi connectivity index (χ1v) is 15.8. The van der Waals surface area contributed by atoms with Crippen molar-refractivity contribution in [3.05, 3.63) is 54.1 Å². The Bertz CT molecular complexity index is 649. The van der Waals surface area contributed by atoms with Crippen LogP contribution in [0, 0.1) is 0 Å². The van der Waals surface area contributed by atoms with Crippen molar-refractivity contribution in [3.8, 4) is 0 Å². The van der Waals surface area contributed by atoms with E-state index < -0.39 is 16.6 Å². The lowest BCUT2D eigenvalue weighted by molar-refractivity contribution is 0.547. The number of benzene rings is 2. The van der Waals surface area contributed by atoms with Crippen LogP contribution >= 0.6 is 11.8 Å². The molecule has 0 fully saturated rings. The number of rotatable bonds is 7. The van der Waals surface area contributed by atoms with Crippen LogP contribution < -0.4 is 5.73 Å². The highest BCUT2D eigenvalue weighted by molar-refractivity contribution is 7.99. The van der Waals surface area contributed by atoms with E-state index in [1.807, 2.05) is 12.1 Å². The Morgan fingerprint density at radius 2 is 1.33 bits per heavy atom. The molecule has 0 bridgehead atoms. The van der Waals surface area contributed by atoms with E-state index in [9.17, 15) is 0 Å². The zero-order valence-corrected chi connectivity index (χ0v) is 18.2. The van der Waals surface area contributed by atoms with E-state index in [1.165, 1.54) is 21.4 Å². The van der Waals surface area contributed by atoms with Gasteiger partial charge in [-0.15, -0.1) is 0 Å². The summed E-state index contributed by atoms with van der Waals surface area (Å²) in [5.41, 5.74) is 7.94. The maximum Gasteiger partial charge on any atom is 0.173 e. The van der Waals surface area contributed by atoms with Crippen molar-refractivity contribution in [2.45, 2.75) is 55.0 Å². The predicted octanol–water partition coefficient (Wildman–Crippen LogP) is 6.02. The van der Waals surface area contributed by atoms with Crippen LogP contribution in [-0.2, 0) is 10.5 Å². The lowest BCUT2D eigenvalue weighted by Gasteiger charge is -2.31. The normalized spacial score (nSPS) is 12.4. The van der Waals surface area contributed by atoms with Gasteiger partial charge in [-0.2, -0.15) is 0 Å². The first-order chi connectivity index (χ1) is 11.1. The van der Waals surface area contributed by atoms with Crippen LogP contribution in [0.25, 0.3) is 0 Å². The highest BCUT2D eigenvalue weighted by Gasteiger charge is 2.29. The van der Waals surface area contributed by atoms with E-state index >= 15 is 0 Å². The van der Waals surface area contributed by atoms with Gasteiger partial charge in [-0.1, -0.05) is 23.9 Å².